The summed E-state index contributed by atoms with van der Waals surface area (Å²) in [5.41, 5.74) is 0.945. The van der Waals surface area contributed by atoms with Gasteiger partial charge in [0.15, 0.2) is 0 Å². The van der Waals surface area contributed by atoms with Gasteiger partial charge in [0.2, 0.25) is 5.88 Å². The fraction of sp³-hybridized carbons (Fsp3) is 0.429. The molecule has 0 saturated carbocycles. The minimum Gasteiger partial charge on any atom is -0.476 e. The highest BCUT2D eigenvalue weighted by Crippen LogP contribution is 2.24. The van der Waals surface area contributed by atoms with Gasteiger partial charge in [-0.05, 0) is 26.0 Å². The first-order valence-electron chi connectivity index (χ1n) is 6.40. The number of nitrogens with zero attached hydrogens (tertiary/aromatic N) is 2. The maximum absolute atomic E-state index is 5.84. The molecule has 1 N–H and O–H groups in total. The Morgan fingerprint density at radius 2 is 2.11 bits per heavy atom. The van der Waals surface area contributed by atoms with Crippen LogP contribution in [0.4, 0.5) is 0 Å². The lowest BCUT2D eigenvalue weighted by Crippen LogP contribution is -2.16. The van der Waals surface area contributed by atoms with Crippen molar-refractivity contribution in [2.45, 2.75) is 13.3 Å². The van der Waals surface area contributed by atoms with Crippen molar-refractivity contribution in [1.82, 2.24) is 15.5 Å². The van der Waals surface area contributed by atoms with E-state index in [1.54, 1.807) is 0 Å². The van der Waals surface area contributed by atoms with Crippen molar-refractivity contribution in [3.05, 3.63) is 30.0 Å². The Bertz CT molecular complexity index is 550. The summed E-state index contributed by atoms with van der Waals surface area (Å²) in [6.45, 7) is 4.82. The van der Waals surface area contributed by atoms with Gasteiger partial charge in [0.25, 0.3) is 0 Å². The third-order valence-corrected chi connectivity index (χ3v) is 3.46. The molecule has 1 aliphatic heterocycles. The van der Waals surface area contributed by atoms with Crippen molar-refractivity contribution in [2.75, 3.05) is 19.7 Å². The van der Waals surface area contributed by atoms with E-state index in [9.17, 15) is 0 Å². The van der Waals surface area contributed by atoms with Gasteiger partial charge >= 0.3 is 0 Å². The first kappa shape index (κ1) is 11.4. The van der Waals surface area contributed by atoms with Crippen molar-refractivity contribution >= 4 is 10.8 Å². The number of hydrogen-bond acceptors (Lipinski definition) is 4. The molecule has 0 spiro atoms. The molecule has 3 rings (SSSR count). The van der Waals surface area contributed by atoms with E-state index in [4.69, 9.17) is 4.74 Å². The Morgan fingerprint density at radius 1 is 1.28 bits per heavy atom. The van der Waals surface area contributed by atoms with Crippen LogP contribution in [0.25, 0.3) is 10.8 Å². The second-order valence-corrected chi connectivity index (χ2v) is 4.81. The van der Waals surface area contributed by atoms with E-state index in [0.29, 0.717) is 18.4 Å². The van der Waals surface area contributed by atoms with Gasteiger partial charge < -0.3 is 10.1 Å². The first-order chi connectivity index (χ1) is 8.84. The molecule has 2 aromatic rings. The van der Waals surface area contributed by atoms with Gasteiger partial charge in [-0.25, -0.2) is 0 Å². The zero-order valence-electron chi connectivity index (χ0n) is 10.5. The van der Waals surface area contributed by atoms with E-state index in [2.05, 4.69) is 21.6 Å². The van der Waals surface area contributed by atoms with Gasteiger partial charge in [0.05, 0.1) is 12.3 Å². The van der Waals surface area contributed by atoms with Gasteiger partial charge in [-0.1, -0.05) is 18.2 Å². The van der Waals surface area contributed by atoms with Gasteiger partial charge in [-0.3, -0.25) is 0 Å². The van der Waals surface area contributed by atoms with Crippen LogP contribution < -0.4 is 10.1 Å². The summed E-state index contributed by atoms with van der Waals surface area (Å²) in [6.07, 6.45) is 1.18. The van der Waals surface area contributed by atoms with Crippen molar-refractivity contribution in [3.63, 3.8) is 0 Å². The van der Waals surface area contributed by atoms with Crippen LogP contribution in [-0.2, 0) is 0 Å². The standard InChI is InChI=1S/C14H17N3O/c1-10-12-4-2-3-5-13(12)14(17-16-10)18-9-11-6-7-15-8-11/h2-5,11,15H,6-9H2,1H3. The van der Waals surface area contributed by atoms with Crippen LogP contribution >= 0.6 is 0 Å². The van der Waals surface area contributed by atoms with Crippen LogP contribution in [0.15, 0.2) is 24.3 Å². The lowest BCUT2D eigenvalue weighted by atomic mass is 10.1. The molecule has 1 aromatic heterocycles. The average Bonchev–Trinajstić information content (AvgIpc) is 2.92. The summed E-state index contributed by atoms with van der Waals surface area (Å²) in [6, 6.07) is 8.12. The van der Waals surface area contributed by atoms with E-state index >= 15 is 0 Å². The summed E-state index contributed by atoms with van der Waals surface area (Å²) < 4.78 is 5.84. The van der Waals surface area contributed by atoms with Crippen LogP contribution in [-0.4, -0.2) is 29.9 Å². The lowest BCUT2D eigenvalue weighted by molar-refractivity contribution is 0.251. The number of ether oxygens (including phenoxy) is 1. The third-order valence-electron chi connectivity index (χ3n) is 3.46. The van der Waals surface area contributed by atoms with Crippen LogP contribution in [0, 0.1) is 12.8 Å². The van der Waals surface area contributed by atoms with Crippen molar-refractivity contribution in [1.29, 1.82) is 0 Å². The molecular weight excluding hydrogens is 226 g/mol. The molecule has 0 amide bonds. The molecule has 1 saturated heterocycles. The van der Waals surface area contributed by atoms with Gasteiger partial charge in [0, 0.05) is 23.2 Å². The van der Waals surface area contributed by atoms with Crippen LogP contribution in [0.2, 0.25) is 0 Å². The normalized spacial score (nSPS) is 19.3. The van der Waals surface area contributed by atoms with Crippen LogP contribution in [0.1, 0.15) is 12.1 Å². The molecule has 2 heterocycles. The predicted molar refractivity (Wildman–Crippen MR) is 70.7 cm³/mol. The van der Waals surface area contributed by atoms with Crippen LogP contribution in [0.5, 0.6) is 5.88 Å². The zero-order valence-corrected chi connectivity index (χ0v) is 10.5. The van der Waals surface area contributed by atoms with Gasteiger partial charge in [0.1, 0.15) is 0 Å². The molecule has 1 aromatic carbocycles. The second-order valence-electron chi connectivity index (χ2n) is 4.81. The maximum Gasteiger partial charge on any atom is 0.241 e. The molecule has 4 nitrogen and oxygen atoms in total. The molecule has 94 valence electrons. The largest absolute Gasteiger partial charge is 0.476 e. The van der Waals surface area contributed by atoms with E-state index in [1.807, 2.05) is 25.1 Å². The maximum atomic E-state index is 5.84. The Kier molecular flexibility index (Phi) is 3.11. The molecule has 18 heavy (non-hydrogen) atoms. The van der Waals surface area contributed by atoms with E-state index in [1.165, 1.54) is 6.42 Å². The van der Waals surface area contributed by atoms with Crippen molar-refractivity contribution in [3.8, 4) is 5.88 Å². The minimum absolute atomic E-state index is 0.590. The highest BCUT2D eigenvalue weighted by atomic mass is 16.5. The summed E-state index contributed by atoms with van der Waals surface area (Å²) in [5, 5.41) is 13.8. The third kappa shape index (κ3) is 2.16. The zero-order chi connectivity index (χ0) is 12.4. The second kappa shape index (κ2) is 4.90. The Hall–Kier alpha value is -1.68. The highest BCUT2D eigenvalue weighted by molar-refractivity contribution is 5.88. The number of benzene rings is 1. The smallest absolute Gasteiger partial charge is 0.241 e. The van der Waals surface area contributed by atoms with Gasteiger partial charge in [-0.15, -0.1) is 5.10 Å². The van der Waals surface area contributed by atoms with E-state index in [0.717, 1.165) is 29.6 Å². The minimum atomic E-state index is 0.590. The molecule has 0 aliphatic carbocycles. The monoisotopic (exact) mass is 243 g/mol. The lowest BCUT2D eigenvalue weighted by Gasteiger charge is -2.11. The molecule has 4 heteroatoms. The van der Waals surface area contributed by atoms with Crippen LogP contribution in [0.3, 0.4) is 0 Å². The summed E-state index contributed by atoms with van der Waals surface area (Å²) >= 11 is 0. The summed E-state index contributed by atoms with van der Waals surface area (Å²) in [4.78, 5) is 0. The quantitative estimate of drug-likeness (QED) is 0.894. The SMILES string of the molecule is Cc1nnc(OCC2CCNC2)c2ccccc12. The average molecular weight is 243 g/mol. The fourth-order valence-corrected chi connectivity index (χ4v) is 2.37. The number of aromatic nitrogens is 2. The number of hydrogen-bond donors (Lipinski definition) is 1. The Labute approximate surface area is 106 Å². The number of nitrogens with one attached hydrogen (secondary N) is 1. The molecule has 0 bridgehead atoms. The highest BCUT2D eigenvalue weighted by Gasteiger charge is 2.16. The van der Waals surface area contributed by atoms with E-state index < -0.39 is 0 Å². The predicted octanol–water partition coefficient (Wildman–Crippen LogP) is 1.93. The first-order valence-corrected chi connectivity index (χ1v) is 6.40. The molecule has 1 unspecified atom stereocenters. The van der Waals surface area contributed by atoms with Crippen molar-refractivity contribution < 1.29 is 4.74 Å². The number of rotatable bonds is 3. The van der Waals surface area contributed by atoms with Gasteiger partial charge in [-0.2, -0.15) is 5.10 Å². The molecule has 1 fully saturated rings. The molecule has 0 radical (unpaired) electrons. The Balaban J connectivity index is 1.85. The molecule has 1 aliphatic rings. The number of fused-ring (bicyclic) bond motifs is 1. The Morgan fingerprint density at radius 3 is 2.89 bits per heavy atom. The number of aryl methyl sites for hydroxylation is 1. The van der Waals surface area contributed by atoms with E-state index in [-0.39, 0.29) is 0 Å². The fourth-order valence-electron chi connectivity index (χ4n) is 2.37. The molecular formula is C14H17N3O. The molecule has 1 atom stereocenters. The summed E-state index contributed by atoms with van der Waals surface area (Å²) in [5.74, 6) is 1.25. The van der Waals surface area contributed by atoms with Crippen molar-refractivity contribution in [2.24, 2.45) is 5.92 Å². The summed E-state index contributed by atoms with van der Waals surface area (Å²) in [7, 11) is 0. The topological polar surface area (TPSA) is 47.0 Å².